The highest BCUT2D eigenvalue weighted by Gasteiger charge is 2.39. The lowest BCUT2D eigenvalue weighted by molar-refractivity contribution is 0.493. The second kappa shape index (κ2) is 5.85. The molecule has 1 aromatic carbocycles. The van der Waals surface area contributed by atoms with Gasteiger partial charge in [-0.1, -0.05) is 32.5 Å². The monoisotopic (exact) mass is 378 g/mol. The summed E-state index contributed by atoms with van der Waals surface area (Å²) >= 11 is 3.54. The van der Waals surface area contributed by atoms with Crippen LogP contribution in [0.5, 0.6) is 5.75 Å². The molecule has 2 aromatic rings. The van der Waals surface area contributed by atoms with Gasteiger partial charge in [0.1, 0.15) is 15.8 Å². The summed E-state index contributed by atoms with van der Waals surface area (Å²) < 4.78 is 7.78. The molecule has 0 saturated heterocycles. The van der Waals surface area contributed by atoms with Gasteiger partial charge in [0, 0.05) is 4.75 Å². The third-order valence-electron chi connectivity index (χ3n) is 4.70. The molecule has 24 heavy (non-hydrogen) atoms. The Bertz CT molecular complexity index is 803. The van der Waals surface area contributed by atoms with Crippen LogP contribution in [0.4, 0.5) is 0 Å². The third kappa shape index (κ3) is 3.55. The summed E-state index contributed by atoms with van der Waals surface area (Å²) in [4.78, 5) is 9.44. The summed E-state index contributed by atoms with van der Waals surface area (Å²) in [5.74, 6) is 0.964. The number of nitrogens with zero attached hydrogens (tertiary/aromatic N) is 2. The number of thiazole rings is 1. The second-order valence-corrected chi connectivity index (χ2v) is 15.9. The zero-order valence-corrected chi connectivity index (χ0v) is 18.2. The molecular formula is C18H26N2OS2Si. The lowest BCUT2D eigenvalue weighted by Crippen LogP contribution is -2.43. The molecule has 0 bridgehead atoms. The SMILES string of the molecule is CC1(C)CN=C(c2nc3ccc(O[Si](C)(C)C(C)(C)C)cc3s2)S1. The lowest BCUT2D eigenvalue weighted by Gasteiger charge is -2.36. The van der Waals surface area contributed by atoms with Crippen LogP contribution in [0, 0.1) is 0 Å². The van der Waals surface area contributed by atoms with E-state index in [1.165, 1.54) is 4.70 Å². The van der Waals surface area contributed by atoms with Crippen molar-refractivity contribution in [1.29, 1.82) is 0 Å². The van der Waals surface area contributed by atoms with E-state index in [0.29, 0.717) is 0 Å². The summed E-state index contributed by atoms with van der Waals surface area (Å²) in [5.41, 5.74) is 1.03. The van der Waals surface area contributed by atoms with E-state index in [0.717, 1.165) is 27.9 Å². The normalized spacial score (nSPS) is 18.0. The minimum Gasteiger partial charge on any atom is -0.543 e. The molecule has 0 aliphatic carbocycles. The molecule has 0 saturated carbocycles. The van der Waals surface area contributed by atoms with E-state index in [2.05, 4.69) is 70.9 Å². The van der Waals surface area contributed by atoms with Crippen molar-refractivity contribution in [3.05, 3.63) is 23.2 Å². The quantitative estimate of drug-likeness (QED) is 0.619. The molecule has 0 N–H and O–H groups in total. The van der Waals surface area contributed by atoms with Crippen molar-refractivity contribution >= 4 is 46.7 Å². The molecule has 1 aliphatic rings. The van der Waals surface area contributed by atoms with Crippen LogP contribution < -0.4 is 4.43 Å². The molecular weight excluding hydrogens is 352 g/mol. The van der Waals surface area contributed by atoms with Crippen LogP contribution in [0.2, 0.25) is 18.1 Å². The molecule has 1 aromatic heterocycles. The van der Waals surface area contributed by atoms with Crippen molar-refractivity contribution in [1.82, 2.24) is 4.98 Å². The first-order chi connectivity index (χ1) is 11.0. The highest BCUT2D eigenvalue weighted by Crippen LogP contribution is 2.40. The Kier molecular flexibility index (Phi) is 4.38. The number of aliphatic imine (C=N–C) groups is 1. The zero-order valence-electron chi connectivity index (χ0n) is 15.6. The van der Waals surface area contributed by atoms with Crippen molar-refractivity contribution in [2.45, 2.75) is 57.5 Å². The first kappa shape index (κ1) is 18.0. The smallest absolute Gasteiger partial charge is 0.250 e. The van der Waals surface area contributed by atoms with Crippen LogP contribution >= 0.6 is 23.1 Å². The molecule has 0 amide bonds. The van der Waals surface area contributed by atoms with Gasteiger partial charge in [-0.3, -0.25) is 4.99 Å². The van der Waals surface area contributed by atoms with Crippen LogP contribution in [0.25, 0.3) is 10.2 Å². The molecule has 2 heterocycles. The van der Waals surface area contributed by atoms with Crippen molar-refractivity contribution in [3.63, 3.8) is 0 Å². The van der Waals surface area contributed by atoms with Crippen LogP contribution in [-0.4, -0.2) is 29.6 Å². The molecule has 0 atom stereocenters. The number of thioether (sulfide) groups is 1. The highest BCUT2D eigenvalue weighted by molar-refractivity contribution is 8.16. The number of rotatable bonds is 3. The van der Waals surface area contributed by atoms with Gasteiger partial charge in [0.2, 0.25) is 8.32 Å². The number of hydrogen-bond donors (Lipinski definition) is 0. The minimum absolute atomic E-state index is 0.184. The average molecular weight is 379 g/mol. The van der Waals surface area contributed by atoms with E-state index < -0.39 is 8.32 Å². The van der Waals surface area contributed by atoms with Crippen molar-refractivity contribution in [2.24, 2.45) is 4.99 Å². The maximum absolute atomic E-state index is 6.42. The summed E-state index contributed by atoms with van der Waals surface area (Å²) in [7, 11) is -1.81. The maximum atomic E-state index is 6.42. The van der Waals surface area contributed by atoms with E-state index in [-0.39, 0.29) is 9.79 Å². The predicted molar refractivity (Wildman–Crippen MR) is 111 cm³/mol. The molecule has 130 valence electrons. The van der Waals surface area contributed by atoms with Gasteiger partial charge in [0.25, 0.3) is 0 Å². The Morgan fingerprint density at radius 1 is 1.21 bits per heavy atom. The van der Waals surface area contributed by atoms with Gasteiger partial charge in [-0.25, -0.2) is 4.98 Å². The minimum atomic E-state index is -1.81. The van der Waals surface area contributed by atoms with Crippen LogP contribution in [0.3, 0.4) is 0 Å². The predicted octanol–water partition coefficient (Wildman–Crippen LogP) is 5.95. The Balaban J connectivity index is 1.88. The molecule has 0 radical (unpaired) electrons. The molecule has 0 spiro atoms. The Labute approximate surface area is 154 Å². The van der Waals surface area contributed by atoms with Crippen LogP contribution in [0.15, 0.2) is 23.2 Å². The van der Waals surface area contributed by atoms with Gasteiger partial charge in [0.15, 0.2) is 0 Å². The molecule has 3 nitrogen and oxygen atoms in total. The topological polar surface area (TPSA) is 34.5 Å². The van der Waals surface area contributed by atoms with Crippen molar-refractivity contribution in [3.8, 4) is 5.75 Å². The number of fused-ring (bicyclic) bond motifs is 1. The van der Waals surface area contributed by atoms with Gasteiger partial charge >= 0.3 is 0 Å². The van der Waals surface area contributed by atoms with Crippen molar-refractivity contribution in [2.75, 3.05) is 6.54 Å². The summed E-state index contributed by atoms with van der Waals surface area (Å²) in [5, 5.41) is 2.31. The number of aromatic nitrogens is 1. The van der Waals surface area contributed by atoms with Gasteiger partial charge in [0.05, 0.1) is 16.8 Å². The maximum Gasteiger partial charge on any atom is 0.250 e. The number of benzene rings is 1. The highest BCUT2D eigenvalue weighted by atomic mass is 32.2. The molecule has 0 unspecified atom stereocenters. The molecule has 1 aliphatic heterocycles. The fourth-order valence-corrected chi connectivity index (χ4v) is 5.29. The van der Waals surface area contributed by atoms with E-state index >= 15 is 0 Å². The Morgan fingerprint density at radius 3 is 2.50 bits per heavy atom. The molecule has 6 heteroatoms. The van der Waals surface area contributed by atoms with E-state index in [1.54, 1.807) is 11.3 Å². The van der Waals surface area contributed by atoms with E-state index in [9.17, 15) is 0 Å². The summed E-state index contributed by atoms with van der Waals surface area (Å²) in [6, 6.07) is 6.27. The standard InChI is InChI=1S/C18H26N2OS2Si/c1-17(2,3)24(6,7)21-12-8-9-13-14(10-12)22-16(20-13)15-19-11-18(4,5)23-15/h8-10H,11H2,1-7H3. The lowest BCUT2D eigenvalue weighted by atomic mass is 10.2. The average Bonchev–Trinajstić information content (AvgIpc) is 2.99. The fraction of sp³-hybridized carbons (Fsp3) is 0.556. The van der Waals surface area contributed by atoms with Crippen LogP contribution in [-0.2, 0) is 0 Å². The van der Waals surface area contributed by atoms with Gasteiger partial charge in [-0.15, -0.1) is 11.3 Å². The largest absolute Gasteiger partial charge is 0.543 e. The summed E-state index contributed by atoms with van der Waals surface area (Å²) in [6.07, 6.45) is 0. The van der Waals surface area contributed by atoms with Crippen LogP contribution in [0.1, 0.15) is 39.6 Å². The number of hydrogen-bond acceptors (Lipinski definition) is 5. The Morgan fingerprint density at radius 2 is 1.92 bits per heavy atom. The fourth-order valence-electron chi connectivity index (χ4n) is 2.21. The zero-order chi connectivity index (χ0) is 17.8. The Hall–Kier alpha value is -0.853. The van der Waals surface area contributed by atoms with E-state index in [1.807, 2.05) is 11.8 Å². The first-order valence-corrected chi connectivity index (χ1v) is 12.8. The molecule has 0 fully saturated rings. The van der Waals surface area contributed by atoms with Gasteiger partial charge < -0.3 is 4.43 Å². The molecule has 3 rings (SSSR count). The second-order valence-electron chi connectivity index (χ2n) is 8.49. The van der Waals surface area contributed by atoms with Crippen molar-refractivity contribution < 1.29 is 4.43 Å². The third-order valence-corrected chi connectivity index (χ3v) is 11.4. The van der Waals surface area contributed by atoms with E-state index in [4.69, 9.17) is 9.41 Å². The van der Waals surface area contributed by atoms with Gasteiger partial charge in [-0.2, -0.15) is 0 Å². The first-order valence-electron chi connectivity index (χ1n) is 8.30. The van der Waals surface area contributed by atoms with Gasteiger partial charge in [-0.05, 0) is 50.2 Å². The summed E-state index contributed by atoms with van der Waals surface area (Å²) in [6.45, 7) is 16.7.